The first-order valence-corrected chi connectivity index (χ1v) is 7.09. The van der Waals surface area contributed by atoms with E-state index in [1.54, 1.807) is 20.3 Å². The van der Waals surface area contributed by atoms with Gasteiger partial charge in [-0.05, 0) is 30.7 Å². The molecule has 2 unspecified atom stereocenters. The molecule has 0 saturated carbocycles. The van der Waals surface area contributed by atoms with Crippen molar-refractivity contribution in [1.82, 2.24) is 4.90 Å². The Morgan fingerprint density at radius 3 is 2.86 bits per heavy atom. The zero-order valence-corrected chi connectivity index (χ0v) is 12.8. The first-order chi connectivity index (χ1) is 9.99. The number of carbonyl (C=O) groups is 1. The maximum atomic E-state index is 11.7. The van der Waals surface area contributed by atoms with Gasteiger partial charge >= 0.3 is 5.97 Å². The molecule has 116 valence electrons. The lowest BCUT2D eigenvalue weighted by molar-refractivity contribution is -0.143. The van der Waals surface area contributed by atoms with E-state index in [0.717, 1.165) is 25.1 Å². The number of aliphatic carboxylic acids is 1. The average Bonchev–Trinajstić information content (AvgIpc) is 2.81. The summed E-state index contributed by atoms with van der Waals surface area (Å²) >= 11 is 0. The highest BCUT2D eigenvalue weighted by Gasteiger charge is 2.39. The molecule has 2 rings (SSSR count). The first kappa shape index (κ1) is 15.8. The van der Waals surface area contributed by atoms with Crippen LogP contribution in [0.15, 0.2) is 24.3 Å². The molecule has 1 heterocycles. The maximum Gasteiger partial charge on any atom is 0.325 e. The Morgan fingerprint density at radius 1 is 1.48 bits per heavy atom. The quantitative estimate of drug-likeness (QED) is 0.871. The summed E-state index contributed by atoms with van der Waals surface area (Å²) in [5.41, 5.74) is 0.768. The summed E-state index contributed by atoms with van der Waals surface area (Å²) < 4.78 is 10.5. The Hall–Kier alpha value is -1.59. The van der Waals surface area contributed by atoms with E-state index < -0.39 is 12.0 Å². The van der Waals surface area contributed by atoms with Crippen LogP contribution < -0.4 is 4.74 Å². The lowest BCUT2D eigenvalue weighted by atomic mass is 9.91. The normalized spacial score (nSPS) is 24.0. The van der Waals surface area contributed by atoms with Crippen molar-refractivity contribution in [3.63, 3.8) is 0 Å². The highest BCUT2D eigenvalue weighted by Crippen LogP contribution is 2.36. The molecule has 1 aliphatic heterocycles. The number of likely N-dealkylation sites (tertiary alicyclic amines) is 1. The SMILES string of the molecule is COCC1(C)CCN(C(C(=O)O)c2cccc(OC)c2)C1. The second kappa shape index (κ2) is 6.45. The minimum atomic E-state index is -0.829. The van der Waals surface area contributed by atoms with Gasteiger partial charge in [-0.1, -0.05) is 19.1 Å². The van der Waals surface area contributed by atoms with Crippen LogP contribution in [0.5, 0.6) is 5.75 Å². The molecule has 21 heavy (non-hydrogen) atoms. The Morgan fingerprint density at radius 2 is 2.24 bits per heavy atom. The van der Waals surface area contributed by atoms with E-state index in [4.69, 9.17) is 9.47 Å². The molecule has 5 nitrogen and oxygen atoms in total. The number of carboxylic acids is 1. The molecular formula is C16H23NO4. The number of carboxylic acid groups (broad SMARTS) is 1. The van der Waals surface area contributed by atoms with Crippen molar-refractivity contribution in [1.29, 1.82) is 0 Å². The second-order valence-electron chi connectivity index (χ2n) is 5.98. The highest BCUT2D eigenvalue weighted by molar-refractivity contribution is 5.75. The van der Waals surface area contributed by atoms with Crippen molar-refractivity contribution in [3.8, 4) is 5.75 Å². The molecule has 0 aromatic heterocycles. The summed E-state index contributed by atoms with van der Waals surface area (Å²) in [6.07, 6.45) is 0.939. The van der Waals surface area contributed by atoms with Crippen LogP contribution in [0.2, 0.25) is 0 Å². The monoisotopic (exact) mass is 293 g/mol. The van der Waals surface area contributed by atoms with Crippen LogP contribution in [0.3, 0.4) is 0 Å². The maximum absolute atomic E-state index is 11.7. The van der Waals surface area contributed by atoms with Gasteiger partial charge in [0, 0.05) is 19.1 Å². The molecule has 0 radical (unpaired) electrons. The highest BCUT2D eigenvalue weighted by atomic mass is 16.5. The Kier molecular flexibility index (Phi) is 4.85. The van der Waals surface area contributed by atoms with E-state index in [1.165, 1.54) is 0 Å². The van der Waals surface area contributed by atoms with Crippen LogP contribution >= 0.6 is 0 Å². The minimum Gasteiger partial charge on any atom is -0.497 e. The summed E-state index contributed by atoms with van der Waals surface area (Å²) in [4.78, 5) is 13.8. The predicted molar refractivity (Wildman–Crippen MR) is 79.5 cm³/mol. The Balaban J connectivity index is 2.22. The molecule has 1 saturated heterocycles. The molecule has 5 heteroatoms. The predicted octanol–water partition coefficient (Wildman–Crippen LogP) is 2.18. The molecule has 1 fully saturated rings. The van der Waals surface area contributed by atoms with Crippen molar-refractivity contribution in [2.24, 2.45) is 5.41 Å². The fourth-order valence-electron chi connectivity index (χ4n) is 3.07. The van der Waals surface area contributed by atoms with E-state index in [0.29, 0.717) is 12.4 Å². The van der Waals surface area contributed by atoms with Gasteiger partial charge in [0.2, 0.25) is 0 Å². The van der Waals surface area contributed by atoms with Crippen LogP contribution in [0, 0.1) is 5.41 Å². The summed E-state index contributed by atoms with van der Waals surface area (Å²) in [6.45, 7) is 4.26. The third-order valence-electron chi connectivity index (χ3n) is 4.09. The molecule has 0 spiro atoms. The number of methoxy groups -OCH3 is 2. The second-order valence-corrected chi connectivity index (χ2v) is 5.98. The van der Waals surface area contributed by atoms with Gasteiger partial charge in [0.1, 0.15) is 11.8 Å². The molecule has 0 amide bonds. The summed E-state index contributed by atoms with van der Waals surface area (Å²) in [6, 6.07) is 6.65. The van der Waals surface area contributed by atoms with Crippen LogP contribution in [-0.4, -0.2) is 49.9 Å². The number of benzene rings is 1. The lowest BCUT2D eigenvalue weighted by Crippen LogP contribution is -2.35. The van der Waals surface area contributed by atoms with Gasteiger partial charge in [-0.2, -0.15) is 0 Å². The number of rotatable bonds is 6. The van der Waals surface area contributed by atoms with Crippen molar-refractivity contribution < 1.29 is 19.4 Å². The topological polar surface area (TPSA) is 59.0 Å². The zero-order valence-electron chi connectivity index (χ0n) is 12.8. The average molecular weight is 293 g/mol. The molecule has 1 aromatic carbocycles. The first-order valence-electron chi connectivity index (χ1n) is 7.09. The van der Waals surface area contributed by atoms with Gasteiger partial charge in [0.05, 0.1) is 13.7 Å². The van der Waals surface area contributed by atoms with Crippen LogP contribution in [0.25, 0.3) is 0 Å². The molecule has 1 aliphatic rings. The van der Waals surface area contributed by atoms with E-state index in [1.807, 2.05) is 23.1 Å². The van der Waals surface area contributed by atoms with Crippen LogP contribution in [0.4, 0.5) is 0 Å². The molecule has 1 aromatic rings. The van der Waals surface area contributed by atoms with E-state index in [-0.39, 0.29) is 5.41 Å². The van der Waals surface area contributed by atoms with E-state index in [2.05, 4.69) is 6.92 Å². The summed E-state index contributed by atoms with van der Waals surface area (Å²) in [5, 5.41) is 9.64. The van der Waals surface area contributed by atoms with Crippen molar-refractivity contribution >= 4 is 5.97 Å². The number of ether oxygens (including phenoxy) is 2. The lowest BCUT2D eigenvalue weighted by Gasteiger charge is -2.28. The van der Waals surface area contributed by atoms with Gasteiger partial charge in [-0.25, -0.2) is 0 Å². The largest absolute Gasteiger partial charge is 0.497 e. The minimum absolute atomic E-state index is 0.0152. The van der Waals surface area contributed by atoms with E-state index in [9.17, 15) is 9.90 Å². The summed E-state index contributed by atoms with van der Waals surface area (Å²) in [7, 11) is 3.27. The smallest absolute Gasteiger partial charge is 0.325 e. The molecular weight excluding hydrogens is 270 g/mol. The fraction of sp³-hybridized carbons (Fsp3) is 0.562. The van der Waals surface area contributed by atoms with Crippen molar-refractivity contribution in [3.05, 3.63) is 29.8 Å². The third kappa shape index (κ3) is 3.54. The van der Waals surface area contributed by atoms with Crippen molar-refractivity contribution in [2.45, 2.75) is 19.4 Å². The zero-order chi connectivity index (χ0) is 15.5. The molecule has 1 N–H and O–H groups in total. The van der Waals surface area contributed by atoms with Crippen LogP contribution in [-0.2, 0) is 9.53 Å². The van der Waals surface area contributed by atoms with Crippen molar-refractivity contribution in [2.75, 3.05) is 33.9 Å². The van der Waals surface area contributed by atoms with Gasteiger partial charge in [-0.3, -0.25) is 9.69 Å². The van der Waals surface area contributed by atoms with Crippen LogP contribution in [0.1, 0.15) is 24.9 Å². The van der Waals surface area contributed by atoms with Gasteiger partial charge in [0.15, 0.2) is 0 Å². The van der Waals surface area contributed by atoms with E-state index >= 15 is 0 Å². The number of nitrogens with zero attached hydrogens (tertiary/aromatic N) is 1. The Bertz CT molecular complexity index is 505. The third-order valence-corrected chi connectivity index (χ3v) is 4.09. The standard InChI is InChI=1S/C16H23NO4/c1-16(11-20-2)7-8-17(10-16)14(15(18)19)12-5-4-6-13(9-12)21-3/h4-6,9,14H,7-8,10-11H2,1-3H3,(H,18,19). The Labute approximate surface area is 125 Å². The van der Waals surface area contributed by atoms with Gasteiger partial charge < -0.3 is 14.6 Å². The fourth-order valence-corrected chi connectivity index (χ4v) is 3.07. The molecule has 0 aliphatic carbocycles. The molecule has 0 bridgehead atoms. The van der Waals surface area contributed by atoms with Gasteiger partial charge in [0.25, 0.3) is 0 Å². The number of hydrogen-bond acceptors (Lipinski definition) is 4. The molecule has 2 atom stereocenters. The summed E-state index contributed by atoms with van der Waals surface area (Å²) in [5.74, 6) is -0.150. The van der Waals surface area contributed by atoms with Gasteiger partial charge in [-0.15, -0.1) is 0 Å². The number of hydrogen-bond donors (Lipinski definition) is 1.